The summed E-state index contributed by atoms with van der Waals surface area (Å²) in [6, 6.07) is 14.7. The number of allylic oxidation sites excluding steroid dienone is 3. The number of hydrogen-bond donors (Lipinski definition) is 1. The molecule has 0 amide bonds. The van der Waals surface area contributed by atoms with Gasteiger partial charge < -0.3 is 19.5 Å². The third-order valence-electron chi connectivity index (χ3n) is 7.87. The Kier molecular flexibility index (Phi) is 7.36. The van der Waals surface area contributed by atoms with Crippen molar-refractivity contribution in [2.45, 2.75) is 63.4 Å². The van der Waals surface area contributed by atoms with Crippen molar-refractivity contribution in [3.8, 4) is 5.75 Å². The van der Waals surface area contributed by atoms with E-state index in [4.69, 9.17) is 14.2 Å². The van der Waals surface area contributed by atoms with Crippen molar-refractivity contribution in [2.75, 3.05) is 14.2 Å². The van der Waals surface area contributed by atoms with Gasteiger partial charge in [-0.1, -0.05) is 30.3 Å². The number of ketones is 1. The van der Waals surface area contributed by atoms with Crippen LogP contribution >= 0.6 is 0 Å². The molecular weight excluding hydrogens is 482 g/mol. The molecule has 2 aromatic rings. The van der Waals surface area contributed by atoms with Crippen molar-refractivity contribution < 1.29 is 28.6 Å². The SMILES string of the molecule is COC(=O)c1ccc(C2C(C(=O)OC3CCCC3)=C(C)NC3=C2C(=O)CC(c2ccccc2OC)C3)cc1. The second-order valence-electron chi connectivity index (χ2n) is 10.2. The van der Waals surface area contributed by atoms with E-state index in [9.17, 15) is 14.4 Å². The number of Topliss-reactive ketones (excluding diaryl/α,β-unsaturated/α-hetero) is 1. The number of esters is 2. The Morgan fingerprint density at radius 1 is 0.921 bits per heavy atom. The molecule has 198 valence electrons. The highest BCUT2D eigenvalue weighted by Gasteiger charge is 2.42. The second kappa shape index (κ2) is 10.9. The normalized spacial score (nSPS) is 21.6. The van der Waals surface area contributed by atoms with Crippen LogP contribution < -0.4 is 10.1 Å². The summed E-state index contributed by atoms with van der Waals surface area (Å²) in [5.41, 5.74) is 4.69. The highest BCUT2D eigenvalue weighted by atomic mass is 16.5. The van der Waals surface area contributed by atoms with Gasteiger partial charge in [-0.15, -0.1) is 0 Å². The molecule has 7 nitrogen and oxygen atoms in total. The minimum atomic E-state index is -0.585. The standard InChI is InChI=1S/C31H33NO6/c1-18-27(31(35)38-22-8-4-5-9-22)28(19-12-14-20(15-13-19)30(34)37-3)29-24(32-18)16-21(17-25(29)33)23-10-6-7-11-26(23)36-2/h6-7,10-15,21-22,28,32H,4-5,8-9,16-17H2,1-3H3. The molecule has 0 spiro atoms. The van der Waals surface area contributed by atoms with Crippen LogP contribution in [0.4, 0.5) is 0 Å². The summed E-state index contributed by atoms with van der Waals surface area (Å²) in [5.74, 6) is -0.730. The van der Waals surface area contributed by atoms with Crippen molar-refractivity contribution in [2.24, 2.45) is 0 Å². The molecule has 1 heterocycles. The van der Waals surface area contributed by atoms with Crippen molar-refractivity contribution in [1.82, 2.24) is 5.32 Å². The summed E-state index contributed by atoms with van der Waals surface area (Å²) in [4.78, 5) is 39.5. The molecule has 1 fully saturated rings. The van der Waals surface area contributed by atoms with Gasteiger partial charge in [0.1, 0.15) is 11.9 Å². The number of carbonyl (C=O) groups is 3. The van der Waals surface area contributed by atoms with Crippen LogP contribution in [0, 0.1) is 0 Å². The minimum absolute atomic E-state index is 0.0182. The Balaban J connectivity index is 1.55. The van der Waals surface area contributed by atoms with Crippen molar-refractivity contribution in [1.29, 1.82) is 0 Å². The van der Waals surface area contributed by atoms with E-state index >= 15 is 0 Å². The van der Waals surface area contributed by atoms with Gasteiger partial charge in [0.05, 0.1) is 25.4 Å². The largest absolute Gasteiger partial charge is 0.496 e. The summed E-state index contributed by atoms with van der Waals surface area (Å²) in [5, 5.41) is 3.40. The number of rotatable bonds is 6. The lowest BCUT2D eigenvalue weighted by molar-refractivity contribution is -0.144. The van der Waals surface area contributed by atoms with E-state index in [-0.39, 0.29) is 17.8 Å². The molecule has 1 aliphatic heterocycles. The molecule has 2 unspecified atom stereocenters. The van der Waals surface area contributed by atoms with Gasteiger partial charge in [-0.25, -0.2) is 9.59 Å². The first-order valence-corrected chi connectivity index (χ1v) is 13.2. The third kappa shape index (κ3) is 4.85. The van der Waals surface area contributed by atoms with Crippen LogP contribution in [0.5, 0.6) is 5.75 Å². The average molecular weight is 516 g/mol. The summed E-state index contributed by atoms with van der Waals surface area (Å²) in [6.07, 6.45) is 4.63. The minimum Gasteiger partial charge on any atom is -0.496 e. The lowest BCUT2D eigenvalue weighted by Crippen LogP contribution is -2.36. The number of carbonyl (C=O) groups excluding carboxylic acids is 3. The number of benzene rings is 2. The zero-order valence-electron chi connectivity index (χ0n) is 22.0. The molecule has 5 rings (SSSR count). The Morgan fingerprint density at radius 3 is 2.32 bits per heavy atom. The van der Waals surface area contributed by atoms with Gasteiger partial charge in [-0.05, 0) is 68.4 Å². The molecule has 0 aromatic heterocycles. The zero-order chi connectivity index (χ0) is 26.8. The third-order valence-corrected chi connectivity index (χ3v) is 7.87. The van der Waals surface area contributed by atoms with Crippen LogP contribution in [-0.4, -0.2) is 38.0 Å². The maximum absolute atomic E-state index is 13.8. The summed E-state index contributed by atoms with van der Waals surface area (Å²) < 4.78 is 16.3. The topological polar surface area (TPSA) is 90.9 Å². The summed E-state index contributed by atoms with van der Waals surface area (Å²) in [7, 11) is 2.97. The van der Waals surface area contributed by atoms with Crippen molar-refractivity contribution in [3.05, 3.63) is 87.8 Å². The molecule has 3 aliphatic rings. The zero-order valence-corrected chi connectivity index (χ0v) is 22.0. The predicted molar refractivity (Wildman–Crippen MR) is 142 cm³/mol. The first-order valence-electron chi connectivity index (χ1n) is 13.2. The van der Waals surface area contributed by atoms with Gasteiger partial charge in [-0.2, -0.15) is 0 Å². The van der Waals surface area contributed by atoms with Crippen molar-refractivity contribution in [3.63, 3.8) is 0 Å². The monoisotopic (exact) mass is 515 g/mol. The first kappa shape index (κ1) is 25.8. The average Bonchev–Trinajstić information content (AvgIpc) is 3.44. The lowest BCUT2D eigenvalue weighted by atomic mass is 9.71. The highest BCUT2D eigenvalue weighted by molar-refractivity contribution is 6.04. The number of nitrogens with one attached hydrogen (secondary N) is 1. The van der Waals surface area contributed by atoms with Crippen LogP contribution in [-0.2, 0) is 19.1 Å². The maximum Gasteiger partial charge on any atom is 0.337 e. The number of para-hydroxylation sites is 1. The molecule has 2 atom stereocenters. The molecule has 0 saturated heterocycles. The summed E-state index contributed by atoms with van der Waals surface area (Å²) in [6.45, 7) is 1.86. The Hall–Kier alpha value is -3.87. The molecule has 1 saturated carbocycles. The highest BCUT2D eigenvalue weighted by Crippen LogP contribution is 2.47. The van der Waals surface area contributed by atoms with Gasteiger partial charge in [0.15, 0.2) is 5.78 Å². The van der Waals surface area contributed by atoms with E-state index in [1.807, 2.05) is 31.2 Å². The fourth-order valence-electron chi connectivity index (χ4n) is 6.02. The smallest absolute Gasteiger partial charge is 0.337 e. The number of methoxy groups -OCH3 is 2. The van der Waals surface area contributed by atoms with E-state index < -0.39 is 17.9 Å². The molecule has 2 aromatic carbocycles. The maximum atomic E-state index is 13.8. The molecular formula is C31H33NO6. The van der Waals surface area contributed by atoms with Gasteiger partial charge in [0, 0.05) is 35.2 Å². The molecule has 7 heteroatoms. The van der Waals surface area contributed by atoms with Gasteiger partial charge in [0.2, 0.25) is 0 Å². The molecule has 38 heavy (non-hydrogen) atoms. The second-order valence-corrected chi connectivity index (χ2v) is 10.2. The Morgan fingerprint density at radius 2 is 1.63 bits per heavy atom. The Bertz CT molecular complexity index is 1320. The summed E-state index contributed by atoms with van der Waals surface area (Å²) >= 11 is 0. The van der Waals surface area contributed by atoms with Gasteiger partial charge in [-0.3, -0.25) is 4.79 Å². The van der Waals surface area contributed by atoms with E-state index in [1.54, 1.807) is 31.4 Å². The fourth-order valence-corrected chi connectivity index (χ4v) is 6.02. The molecule has 1 N–H and O–H groups in total. The van der Waals surface area contributed by atoms with Crippen LogP contribution in [0.2, 0.25) is 0 Å². The quantitative estimate of drug-likeness (QED) is 0.520. The van der Waals surface area contributed by atoms with E-state index in [1.165, 1.54) is 7.11 Å². The number of ether oxygens (including phenoxy) is 3. The number of dihydropyridines is 1. The van der Waals surface area contributed by atoms with Crippen LogP contribution in [0.1, 0.15) is 78.8 Å². The molecule has 2 aliphatic carbocycles. The Labute approximate surface area is 222 Å². The van der Waals surface area contributed by atoms with E-state index in [0.717, 1.165) is 48.3 Å². The lowest BCUT2D eigenvalue weighted by Gasteiger charge is -2.37. The van der Waals surface area contributed by atoms with Crippen LogP contribution in [0.25, 0.3) is 0 Å². The van der Waals surface area contributed by atoms with Gasteiger partial charge >= 0.3 is 11.9 Å². The van der Waals surface area contributed by atoms with Crippen LogP contribution in [0.15, 0.2) is 71.1 Å². The van der Waals surface area contributed by atoms with Crippen LogP contribution in [0.3, 0.4) is 0 Å². The fraction of sp³-hybridized carbons (Fsp3) is 0.387. The number of hydrogen-bond acceptors (Lipinski definition) is 7. The molecule has 0 bridgehead atoms. The van der Waals surface area contributed by atoms with Crippen molar-refractivity contribution >= 4 is 17.7 Å². The van der Waals surface area contributed by atoms with Gasteiger partial charge in [0.25, 0.3) is 0 Å². The predicted octanol–water partition coefficient (Wildman–Crippen LogP) is 5.33. The van der Waals surface area contributed by atoms with E-state index in [0.29, 0.717) is 35.2 Å². The first-order chi connectivity index (χ1) is 18.4. The molecule has 0 radical (unpaired) electrons. The van der Waals surface area contributed by atoms with E-state index in [2.05, 4.69) is 5.32 Å².